The average molecular weight is 287 g/mol. The van der Waals surface area contributed by atoms with E-state index in [1.807, 2.05) is 6.92 Å². The Bertz CT molecular complexity index is 425. The molecule has 0 atom stereocenters. The van der Waals surface area contributed by atoms with Crippen molar-refractivity contribution in [1.29, 1.82) is 0 Å². The largest absolute Gasteiger partial charge is 0.508 e. The van der Waals surface area contributed by atoms with Gasteiger partial charge in [0.1, 0.15) is 5.75 Å². The number of aryl methyl sites for hydroxylation is 1. The Kier molecular flexibility index (Phi) is 3.63. The van der Waals surface area contributed by atoms with E-state index in [-0.39, 0.29) is 5.75 Å². The van der Waals surface area contributed by atoms with E-state index in [1.165, 1.54) is 0 Å². The van der Waals surface area contributed by atoms with Gasteiger partial charge < -0.3 is 10.2 Å². The standard InChI is InChI=1S/C12H15BrO3/c1-7-4-10(14)8(5-9(7)13)6-12(2,3)11(15)16/h4-5,14H,6H2,1-3H3,(H,15,16). The molecule has 0 spiro atoms. The minimum Gasteiger partial charge on any atom is -0.508 e. The highest BCUT2D eigenvalue weighted by molar-refractivity contribution is 9.10. The average Bonchev–Trinajstić information content (AvgIpc) is 2.13. The van der Waals surface area contributed by atoms with Gasteiger partial charge in [-0.15, -0.1) is 0 Å². The molecule has 4 heteroatoms. The van der Waals surface area contributed by atoms with Crippen molar-refractivity contribution < 1.29 is 15.0 Å². The van der Waals surface area contributed by atoms with Gasteiger partial charge in [0.25, 0.3) is 0 Å². The van der Waals surface area contributed by atoms with E-state index in [4.69, 9.17) is 5.11 Å². The SMILES string of the molecule is Cc1cc(O)c(CC(C)(C)C(=O)O)cc1Br. The first kappa shape index (κ1) is 13.0. The van der Waals surface area contributed by atoms with Gasteiger partial charge in [-0.2, -0.15) is 0 Å². The fraction of sp³-hybridized carbons (Fsp3) is 0.417. The second-order valence-corrected chi connectivity index (χ2v) is 5.45. The summed E-state index contributed by atoms with van der Waals surface area (Å²) in [6.45, 7) is 5.15. The third kappa shape index (κ3) is 2.76. The molecule has 0 aromatic heterocycles. The predicted octanol–water partition coefficient (Wildman–Crippen LogP) is 3.12. The third-order valence-electron chi connectivity index (χ3n) is 2.57. The first-order valence-electron chi connectivity index (χ1n) is 4.95. The Hall–Kier alpha value is -1.03. The molecule has 0 saturated heterocycles. The van der Waals surface area contributed by atoms with Crippen LogP contribution in [0.25, 0.3) is 0 Å². The number of aromatic hydroxyl groups is 1. The number of carbonyl (C=O) groups is 1. The summed E-state index contributed by atoms with van der Waals surface area (Å²) in [6.07, 6.45) is 0.299. The lowest BCUT2D eigenvalue weighted by atomic mass is 9.85. The minimum atomic E-state index is -0.883. The third-order valence-corrected chi connectivity index (χ3v) is 3.43. The Morgan fingerprint density at radius 2 is 2.00 bits per heavy atom. The Morgan fingerprint density at radius 3 is 2.50 bits per heavy atom. The van der Waals surface area contributed by atoms with E-state index in [0.717, 1.165) is 10.0 Å². The van der Waals surface area contributed by atoms with Gasteiger partial charge in [0.2, 0.25) is 0 Å². The summed E-state index contributed by atoms with van der Waals surface area (Å²) in [6, 6.07) is 3.41. The fourth-order valence-electron chi connectivity index (χ4n) is 1.40. The van der Waals surface area contributed by atoms with Crippen LogP contribution in [0.2, 0.25) is 0 Å². The Balaban J connectivity index is 3.07. The van der Waals surface area contributed by atoms with Crippen LogP contribution in [0.3, 0.4) is 0 Å². The molecule has 88 valence electrons. The summed E-state index contributed by atoms with van der Waals surface area (Å²) >= 11 is 3.37. The predicted molar refractivity (Wildman–Crippen MR) is 65.7 cm³/mol. The van der Waals surface area contributed by atoms with Gasteiger partial charge in [0.15, 0.2) is 0 Å². The van der Waals surface area contributed by atoms with Crippen molar-refractivity contribution in [2.75, 3.05) is 0 Å². The van der Waals surface area contributed by atoms with Gasteiger partial charge in [-0.25, -0.2) is 0 Å². The highest BCUT2D eigenvalue weighted by Gasteiger charge is 2.28. The maximum absolute atomic E-state index is 11.0. The molecule has 1 aromatic rings. The summed E-state index contributed by atoms with van der Waals surface area (Å²) < 4.78 is 0.876. The number of phenols is 1. The molecule has 0 fully saturated rings. The van der Waals surface area contributed by atoms with Crippen molar-refractivity contribution in [3.05, 3.63) is 27.7 Å². The molecule has 0 aliphatic rings. The summed E-state index contributed by atoms with van der Waals surface area (Å²) in [5.41, 5.74) is 0.686. The zero-order valence-corrected chi connectivity index (χ0v) is 11.1. The molecular weight excluding hydrogens is 272 g/mol. The van der Waals surface area contributed by atoms with E-state index in [2.05, 4.69) is 15.9 Å². The molecule has 0 aliphatic carbocycles. The second-order valence-electron chi connectivity index (χ2n) is 4.60. The number of phenolic OH excluding ortho intramolecular Hbond substituents is 1. The number of halogens is 1. The molecular formula is C12H15BrO3. The van der Waals surface area contributed by atoms with Crippen molar-refractivity contribution in [3.63, 3.8) is 0 Å². The second kappa shape index (κ2) is 4.45. The molecule has 0 bridgehead atoms. The monoisotopic (exact) mass is 286 g/mol. The summed E-state index contributed by atoms with van der Waals surface area (Å²) in [4.78, 5) is 11.0. The normalized spacial score (nSPS) is 11.5. The smallest absolute Gasteiger partial charge is 0.309 e. The number of hydrogen-bond donors (Lipinski definition) is 2. The molecule has 0 amide bonds. The molecule has 2 N–H and O–H groups in total. The maximum Gasteiger partial charge on any atom is 0.309 e. The molecule has 3 nitrogen and oxygen atoms in total. The topological polar surface area (TPSA) is 57.5 Å². The van der Waals surface area contributed by atoms with Crippen molar-refractivity contribution in [1.82, 2.24) is 0 Å². The molecule has 0 unspecified atom stereocenters. The molecule has 0 heterocycles. The maximum atomic E-state index is 11.0. The van der Waals surface area contributed by atoms with Crippen molar-refractivity contribution in [3.8, 4) is 5.75 Å². The molecule has 0 saturated carbocycles. The van der Waals surface area contributed by atoms with Crippen LogP contribution in [0.1, 0.15) is 25.0 Å². The van der Waals surface area contributed by atoms with Crippen LogP contribution < -0.4 is 0 Å². The summed E-state index contributed by atoms with van der Waals surface area (Å²) in [5.74, 6) is -0.723. The quantitative estimate of drug-likeness (QED) is 0.898. The molecule has 1 rings (SSSR count). The van der Waals surface area contributed by atoms with Crippen LogP contribution in [-0.4, -0.2) is 16.2 Å². The van der Waals surface area contributed by atoms with Crippen LogP contribution in [0.15, 0.2) is 16.6 Å². The zero-order valence-electron chi connectivity index (χ0n) is 9.54. The van der Waals surface area contributed by atoms with Crippen molar-refractivity contribution in [2.24, 2.45) is 5.41 Å². The Morgan fingerprint density at radius 1 is 1.44 bits per heavy atom. The lowest BCUT2D eigenvalue weighted by Gasteiger charge is -2.20. The first-order chi connectivity index (χ1) is 7.24. The van der Waals surface area contributed by atoms with Gasteiger partial charge in [0.05, 0.1) is 5.41 Å². The number of aliphatic carboxylic acids is 1. The Labute approximate surface area is 103 Å². The lowest BCUT2D eigenvalue weighted by Crippen LogP contribution is -2.26. The highest BCUT2D eigenvalue weighted by Crippen LogP contribution is 2.31. The van der Waals surface area contributed by atoms with Crippen molar-refractivity contribution in [2.45, 2.75) is 27.2 Å². The van der Waals surface area contributed by atoms with Crippen LogP contribution in [0, 0.1) is 12.3 Å². The van der Waals surface area contributed by atoms with Gasteiger partial charge in [-0.1, -0.05) is 15.9 Å². The van der Waals surface area contributed by atoms with E-state index >= 15 is 0 Å². The number of carboxylic acids is 1. The van der Waals surface area contributed by atoms with Gasteiger partial charge in [0, 0.05) is 4.47 Å². The molecule has 1 aromatic carbocycles. The van der Waals surface area contributed by atoms with E-state index in [9.17, 15) is 9.90 Å². The molecule has 0 aliphatic heterocycles. The highest BCUT2D eigenvalue weighted by atomic mass is 79.9. The fourth-order valence-corrected chi connectivity index (χ4v) is 1.79. The summed E-state index contributed by atoms with van der Waals surface area (Å²) in [5, 5.41) is 18.8. The van der Waals surface area contributed by atoms with E-state index < -0.39 is 11.4 Å². The van der Waals surface area contributed by atoms with Crippen LogP contribution in [0.4, 0.5) is 0 Å². The number of carboxylic acid groups (broad SMARTS) is 1. The van der Waals surface area contributed by atoms with Crippen LogP contribution >= 0.6 is 15.9 Å². The zero-order chi connectivity index (χ0) is 12.5. The van der Waals surface area contributed by atoms with Gasteiger partial charge >= 0.3 is 5.97 Å². The number of hydrogen-bond acceptors (Lipinski definition) is 2. The minimum absolute atomic E-state index is 0.148. The number of rotatable bonds is 3. The summed E-state index contributed by atoms with van der Waals surface area (Å²) in [7, 11) is 0. The van der Waals surface area contributed by atoms with Crippen molar-refractivity contribution >= 4 is 21.9 Å². The van der Waals surface area contributed by atoms with Gasteiger partial charge in [-0.05, 0) is 50.5 Å². The molecule has 16 heavy (non-hydrogen) atoms. The molecule has 0 radical (unpaired) electrons. The van der Waals surface area contributed by atoms with Crippen LogP contribution in [0.5, 0.6) is 5.75 Å². The first-order valence-corrected chi connectivity index (χ1v) is 5.75. The van der Waals surface area contributed by atoms with Crippen LogP contribution in [-0.2, 0) is 11.2 Å². The van der Waals surface area contributed by atoms with Gasteiger partial charge in [-0.3, -0.25) is 4.79 Å². The van der Waals surface area contributed by atoms with E-state index in [1.54, 1.807) is 26.0 Å². The van der Waals surface area contributed by atoms with E-state index in [0.29, 0.717) is 12.0 Å². The number of benzene rings is 1. The lowest BCUT2D eigenvalue weighted by molar-refractivity contribution is -0.146.